The Hall–Kier alpha value is -4.19. The van der Waals surface area contributed by atoms with Gasteiger partial charge in [-0.25, -0.2) is 9.78 Å². The lowest BCUT2D eigenvalue weighted by Crippen LogP contribution is -2.34. The maximum absolute atomic E-state index is 13.6. The molecule has 208 valence electrons. The van der Waals surface area contributed by atoms with E-state index in [2.05, 4.69) is 68.2 Å². The number of esters is 1. The Bertz CT molecular complexity index is 1500. The number of hydrogen-bond acceptors (Lipinski definition) is 5. The lowest BCUT2D eigenvalue weighted by Gasteiger charge is -2.27. The second-order valence-electron chi connectivity index (χ2n) is 10.9. The van der Waals surface area contributed by atoms with Crippen molar-refractivity contribution in [2.75, 3.05) is 18.6 Å². The zero-order valence-electron chi connectivity index (χ0n) is 24.3. The molecular formula is C34H38N2O4. The fourth-order valence-corrected chi connectivity index (χ4v) is 4.78. The van der Waals surface area contributed by atoms with E-state index in [1.807, 2.05) is 26.0 Å². The minimum absolute atomic E-state index is 0.00519. The molecule has 0 bridgehead atoms. The summed E-state index contributed by atoms with van der Waals surface area (Å²) in [6.07, 6.45) is 3.01. The van der Waals surface area contributed by atoms with Gasteiger partial charge in [0, 0.05) is 24.4 Å². The van der Waals surface area contributed by atoms with Crippen molar-refractivity contribution in [1.82, 2.24) is 4.98 Å². The summed E-state index contributed by atoms with van der Waals surface area (Å²) in [7, 11) is 1.36. The Morgan fingerprint density at radius 3 is 2.38 bits per heavy atom. The molecule has 3 aromatic carbocycles. The molecule has 4 aromatic rings. The summed E-state index contributed by atoms with van der Waals surface area (Å²) in [6, 6.07) is 21.8. The fourth-order valence-electron chi connectivity index (χ4n) is 4.78. The predicted octanol–water partition coefficient (Wildman–Crippen LogP) is 7.62. The topological polar surface area (TPSA) is 68.7 Å². The van der Waals surface area contributed by atoms with Crippen LogP contribution < -0.4 is 9.64 Å². The first-order chi connectivity index (χ1) is 19.2. The van der Waals surface area contributed by atoms with Crippen LogP contribution in [0.25, 0.3) is 21.9 Å². The van der Waals surface area contributed by atoms with E-state index in [1.165, 1.54) is 12.7 Å². The molecule has 0 saturated carbocycles. The third-order valence-corrected chi connectivity index (χ3v) is 6.73. The summed E-state index contributed by atoms with van der Waals surface area (Å²) < 4.78 is 10.6. The van der Waals surface area contributed by atoms with Gasteiger partial charge in [0.05, 0.1) is 25.8 Å². The number of methoxy groups -OCH3 is 1. The number of carbonyl (C=O) groups excluding carboxylic acids is 2. The predicted molar refractivity (Wildman–Crippen MR) is 161 cm³/mol. The molecule has 0 radical (unpaired) electrons. The van der Waals surface area contributed by atoms with Crippen molar-refractivity contribution in [3.05, 3.63) is 89.6 Å². The molecule has 0 saturated heterocycles. The zero-order chi connectivity index (χ0) is 28.9. The van der Waals surface area contributed by atoms with E-state index >= 15 is 0 Å². The van der Waals surface area contributed by atoms with E-state index in [9.17, 15) is 9.59 Å². The Labute approximate surface area is 237 Å². The molecule has 6 nitrogen and oxygen atoms in total. The monoisotopic (exact) mass is 538 g/mol. The highest BCUT2D eigenvalue weighted by molar-refractivity contribution is 6.04. The summed E-state index contributed by atoms with van der Waals surface area (Å²) in [5, 5.41) is 1.62. The minimum Gasteiger partial charge on any atom is -0.493 e. The first-order valence-corrected chi connectivity index (χ1v) is 13.8. The second-order valence-corrected chi connectivity index (χ2v) is 10.9. The molecule has 0 unspecified atom stereocenters. The maximum atomic E-state index is 13.6. The lowest BCUT2D eigenvalue weighted by atomic mass is 9.91. The Morgan fingerprint density at radius 1 is 0.950 bits per heavy atom. The van der Waals surface area contributed by atoms with E-state index in [1.54, 1.807) is 23.2 Å². The van der Waals surface area contributed by atoms with Crippen LogP contribution in [0.15, 0.2) is 72.9 Å². The van der Waals surface area contributed by atoms with E-state index in [0.717, 1.165) is 46.2 Å². The van der Waals surface area contributed by atoms with Crippen LogP contribution in [0.1, 0.15) is 62.5 Å². The van der Waals surface area contributed by atoms with Crippen molar-refractivity contribution in [1.29, 1.82) is 0 Å². The number of rotatable bonds is 6. The molecule has 1 amide bonds. The van der Waals surface area contributed by atoms with Gasteiger partial charge in [-0.2, -0.15) is 0 Å². The van der Waals surface area contributed by atoms with Gasteiger partial charge in [0.1, 0.15) is 11.6 Å². The molecule has 6 heteroatoms. The van der Waals surface area contributed by atoms with Crippen molar-refractivity contribution >= 4 is 28.5 Å². The van der Waals surface area contributed by atoms with Crippen LogP contribution >= 0.6 is 0 Å². The number of ether oxygens (including phenoxy) is 2. The van der Waals surface area contributed by atoms with Crippen LogP contribution in [0, 0.1) is 5.41 Å². The van der Waals surface area contributed by atoms with E-state index < -0.39 is 5.97 Å². The molecule has 2 heterocycles. The van der Waals surface area contributed by atoms with Gasteiger partial charge in [0.25, 0.3) is 0 Å². The quantitative estimate of drug-likeness (QED) is 0.236. The molecule has 1 aromatic heterocycles. The number of benzene rings is 3. The number of amides is 1. The average Bonchev–Trinajstić information content (AvgIpc) is 3.43. The number of carbonyl (C=O) groups is 2. The fraction of sp³-hybridized carbons (Fsp3) is 0.324. The molecule has 0 fully saturated rings. The summed E-state index contributed by atoms with van der Waals surface area (Å²) in [5.74, 6) is 1.13. The highest BCUT2D eigenvalue weighted by Crippen LogP contribution is 2.33. The molecule has 0 N–H and O–H groups in total. The van der Waals surface area contributed by atoms with Gasteiger partial charge in [0.15, 0.2) is 0 Å². The molecule has 1 aliphatic heterocycles. The average molecular weight is 539 g/mol. The van der Waals surface area contributed by atoms with Crippen molar-refractivity contribution in [3.8, 4) is 16.9 Å². The number of pyridine rings is 1. The van der Waals surface area contributed by atoms with Crippen molar-refractivity contribution in [2.45, 2.75) is 54.0 Å². The van der Waals surface area contributed by atoms with Gasteiger partial charge in [-0.05, 0) is 63.4 Å². The lowest BCUT2D eigenvalue weighted by molar-refractivity contribution is -0.120. The van der Waals surface area contributed by atoms with Crippen LogP contribution in [0.5, 0.6) is 5.75 Å². The van der Waals surface area contributed by atoms with Gasteiger partial charge >= 0.3 is 5.97 Å². The summed E-state index contributed by atoms with van der Waals surface area (Å²) >= 11 is 0. The minimum atomic E-state index is -0.402. The van der Waals surface area contributed by atoms with Gasteiger partial charge in [-0.3, -0.25) is 9.69 Å². The van der Waals surface area contributed by atoms with Crippen LogP contribution in [-0.4, -0.2) is 30.6 Å². The molecule has 1 aliphatic rings. The number of fused-ring (bicyclic) bond motifs is 2. The summed E-state index contributed by atoms with van der Waals surface area (Å²) in [4.78, 5) is 32.1. The smallest absolute Gasteiger partial charge is 0.337 e. The number of anilines is 1. The van der Waals surface area contributed by atoms with E-state index in [-0.39, 0.29) is 11.3 Å². The van der Waals surface area contributed by atoms with Crippen molar-refractivity contribution < 1.29 is 19.1 Å². The van der Waals surface area contributed by atoms with Crippen LogP contribution in [0.2, 0.25) is 0 Å². The molecule has 5 rings (SSSR count). The van der Waals surface area contributed by atoms with Crippen LogP contribution in [0.4, 0.5) is 5.82 Å². The van der Waals surface area contributed by atoms with Crippen LogP contribution in [-0.2, 0) is 22.5 Å². The Morgan fingerprint density at radius 2 is 1.68 bits per heavy atom. The molecule has 0 spiro atoms. The molecule has 0 atom stereocenters. The first kappa shape index (κ1) is 28.8. The van der Waals surface area contributed by atoms with Gasteiger partial charge in [0.2, 0.25) is 5.91 Å². The number of hydrogen-bond donors (Lipinski definition) is 0. The highest BCUT2D eigenvalue weighted by Gasteiger charge is 2.25. The SMILES string of the molecule is CC.COC(=O)c1ccc2c(N(Cc3ccc(-c4ccc5c(c4)OCC5)cc3)C(=O)CC(C)(C)C)nccc2c1. The Kier molecular flexibility index (Phi) is 8.88. The van der Waals surface area contributed by atoms with Crippen molar-refractivity contribution in [3.63, 3.8) is 0 Å². The largest absolute Gasteiger partial charge is 0.493 e. The van der Waals surface area contributed by atoms with Gasteiger partial charge < -0.3 is 9.47 Å². The first-order valence-electron chi connectivity index (χ1n) is 13.8. The second kappa shape index (κ2) is 12.3. The summed E-state index contributed by atoms with van der Waals surface area (Å²) in [6.45, 7) is 11.3. The molecular weight excluding hydrogens is 500 g/mol. The van der Waals surface area contributed by atoms with Gasteiger partial charge in [-0.1, -0.05) is 71.0 Å². The number of aromatic nitrogens is 1. The third kappa shape index (κ3) is 6.50. The third-order valence-electron chi connectivity index (χ3n) is 6.73. The van der Waals surface area contributed by atoms with Gasteiger partial charge in [-0.15, -0.1) is 0 Å². The molecule has 40 heavy (non-hydrogen) atoms. The highest BCUT2D eigenvalue weighted by atomic mass is 16.5. The standard InChI is InChI=1S/C32H32N2O4.C2H6/c1-32(2,3)19-29(35)34(30-27-12-11-26(31(36)37-4)17-25(27)13-15-33-30)20-21-5-7-22(8-6-21)24-10-9-23-14-16-38-28(23)18-24;1-2/h5-13,15,17-18H,14,16,19-20H2,1-4H3;1-2H3. The van der Waals surface area contributed by atoms with Crippen LogP contribution in [0.3, 0.4) is 0 Å². The normalized spacial score (nSPS) is 12.2. The molecule has 0 aliphatic carbocycles. The number of nitrogens with zero attached hydrogens (tertiary/aromatic N) is 2. The Balaban J connectivity index is 0.00000181. The maximum Gasteiger partial charge on any atom is 0.337 e. The van der Waals surface area contributed by atoms with Crippen molar-refractivity contribution in [2.24, 2.45) is 5.41 Å². The summed E-state index contributed by atoms with van der Waals surface area (Å²) in [5.41, 5.74) is 4.72. The van der Waals surface area contributed by atoms with E-state index in [0.29, 0.717) is 24.3 Å². The van der Waals surface area contributed by atoms with E-state index in [4.69, 9.17) is 9.47 Å². The zero-order valence-corrected chi connectivity index (χ0v) is 24.3.